The Kier molecular flexibility index (Phi) is 7.86. The van der Waals surface area contributed by atoms with E-state index in [0.717, 1.165) is 33.8 Å². The summed E-state index contributed by atoms with van der Waals surface area (Å²) < 4.78 is 105. The molecular weight excluding hydrogens is 659 g/mol. The molecule has 2 atom stereocenters. The number of aliphatic imine (C=N–C) groups is 2. The van der Waals surface area contributed by atoms with Gasteiger partial charge in [-0.15, -0.1) is 22.7 Å². The Labute approximate surface area is 275 Å². The molecule has 7 rings (SSSR count). The lowest BCUT2D eigenvalue weighted by Gasteiger charge is -2.25. The Morgan fingerprint density at radius 1 is 0.638 bits per heavy atom. The summed E-state index contributed by atoms with van der Waals surface area (Å²) in [5, 5.41) is 0. The predicted molar refractivity (Wildman–Crippen MR) is 173 cm³/mol. The summed E-state index contributed by atoms with van der Waals surface area (Å²) in [6.45, 7) is 3.36. The van der Waals surface area contributed by atoms with Gasteiger partial charge in [0.15, 0.2) is 0 Å². The van der Waals surface area contributed by atoms with Crippen LogP contribution in [0.25, 0.3) is 11.1 Å². The van der Waals surface area contributed by atoms with E-state index in [9.17, 15) is 0 Å². The lowest BCUT2D eigenvalue weighted by Crippen LogP contribution is -2.48. The first-order valence-corrected chi connectivity index (χ1v) is 16.6. The number of aryl methyl sites for hydroxylation is 2. The van der Waals surface area contributed by atoms with E-state index in [2.05, 4.69) is 9.98 Å². The molecule has 0 radical (unpaired) electrons. The molecular formula is C35H28F6N2O2S2. The average Bonchev–Trinajstić information content (AvgIpc) is 3.85. The highest BCUT2D eigenvalue weighted by Gasteiger charge is 2.80. The van der Waals surface area contributed by atoms with Crippen molar-refractivity contribution in [2.75, 3.05) is 13.2 Å². The quantitative estimate of drug-likeness (QED) is 0.174. The van der Waals surface area contributed by atoms with Gasteiger partial charge in [-0.3, -0.25) is 0 Å². The largest absolute Gasteiger partial charge is 0.475 e. The monoisotopic (exact) mass is 686 g/mol. The molecule has 0 saturated carbocycles. The SMILES string of the molecule is Cc1sc(C2=N[C@@H](Cc3ccccc3)CO2)cc1C1=C(c2cc(C3=N[C@@H](Cc4ccccc4)CO3)sc2C)C(F)(F)C(F)(F)C1(F)F. The van der Waals surface area contributed by atoms with Crippen LogP contribution in [-0.4, -0.2) is 54.9 Å². The van der Waals surface area contributed by atoms with Crippen molar-refractivity contribution >= 4 is 45.6 Å². The van der Waals surface area contributed by atoms with E-state index in [-0.39, 0.29) is 58.0 Å². The Morgan fingerprint density at radius 2 is 1.02 bits per heavy atom. The van der Waals surface area contributed by atoms with Crippen LogP contribution in [0.1, 0.15) is 41.8 Å². The van der Waals surface area contributed by atoms with Crippen molar-refractivity contribution in [3.8, 4) is 0 Å². The summed E-state index contributed by atoms with van der Waals surface area (Å²) in [6.07, 6.45) is 1.16. The fraction of sp³-hybridized carbons (Fsp3) is 0.314. The molecule has 0 fully saturated rings. The van der Waals surface area contributed by atoms with Gasteiger partial charge in [0.05, 0.1) is 21.8 Å². The van der Waals surface area contributed by atoms with Crippen molar-refractivity contribution in [2.45, 2.75) is 56.5 Å². The third kappa shape index (κ3) is 5.39. The summed E-state index contributed by atoms with van der Waals surface area (Å²) in [4.78, 5) is 10.1. The second-order valence-corrected chi connectivity index (χ2v) is 14.3. The smallest absolute Gasteiger partial charge is 0.380 e. The zero-order chi connectivity index (χ0) is 33.1. The molecule has 0 N–H and O–H groups in total. The average molecular weight is 687 g/mol. The first kappa shape index (κ1) is 31.7. The molecule has 4 nitrogen and oxygen atoms in total. The second-order valence-electron chi connectivity index (χ2n) is 11.8. The topological polar surface area (TPSA) is 43.2 Å². The van der Waals surface area contributed by atoms with E-state index in [1.807, 2.05) is 60.7 Å². The lowest BCUT2D eigenvalue weighted by atomic mass is 9.95. The Balaban J connectivity index is 1.26. The number of benzene rings is 2. The van der Waals surface area contributed by atoms with Gasteiger partial charge in [-0.25, -0.2) is 9.98 Å². The van der Waals surface area contributed by atoms with Gasteiger partial charge in [0, 0.05) is 20.9 Å². The van der Waals surface area contributed by atoms with E-state index < -0.39 is 28.9 Å². The number of hydrogen-bond donors (Lipinski definition) is 0. The molecule has 0 spiro atoms. The number of thiophene rings is 2. The molecule has 3 aliphatic rings. The van der Waals surface area contributed by atoms with E-state index in [1.165, 1.54) is 26.0 Å². The van der Waals surface area contributed by atoms with Gasteiger partial charge in [0.1, 0.15) is 13.2 Å². The van der Waals surface area contributed by atoms with Gasteiger partial charge in [-0.1, -0.05) is 60.7 Å². The van der Waals surface area contributed by atoms with Crippen LogP contribution in [0.4, 0.5) is 26.3 Å². The summed E-state index contributed by atoms with van der Waals surface area (Å²) in [5.41, 5.74) is -1.49. The summed E-state index contributed by atoms with van der Waals surface area (Å²) in [7, 11) is 0. The summed E-state index contributed by atoms with van der Waals surface area (Å²) in [6, 6.07) is 21.1. The van der Waals surface area contributed by atoms with Gasteiger partial charge in [0.2, 0.25) is 11.8 Å². The van der Waals surface area contributed by atoms with E-state index in [1.54, 1.807) is 0 Å². The lowest BCUT2D eigenvalue weighted by molar-refractivity contribution is -0.254. The molecule has 2 aliphatic heterocycles. The zero-order valence-electron chi connectivity index (χ0n) is 25.2. The number of hydrogen-bond acceptors (Lipinski definition) is 6. The number of halogens is 6. The van der Waals surface area contributed by atoms with E-state index >= 15 is 26.3 Å². The third-order valence-electron chi connectivity index (χ3n) is 8.52. The van der Waals surface area contributed by atoms with Gasteiger partial charge in [-0.05, 0) is 61.1 Å². The van der Waals surface area contributed by atoms with Crippen molar-refractivity contribution < 1.29 is 35.8 Å². The third-order valence-corrected chi connectivity index (χ3v) is 10.6. The van der Waals surface area contributed by atoms with E-state index in [0.29, 0.717) is 22.6 Å². The van der Waals surface area contributed by atoms with Gasteiger partial charge in [0.25, 0.3) is 0 Å². The van der Waals surface area contributed by atoms with Gasteiger partial charge >= 0.3 is 17.8 Å². The first-order valence-electron chi connectivity index (χ1n) is 15.0. The summed E-state index contributed by atoms with van der Waals surface area (Å²) in [5.74, 6) is -15.7. The van der Waals surface area contributed by atoms with E-state index in [4.69, 9.17) is 9.47 Å². The van der Waals surface area contributed by atoms with Crippen molar-refractivity contribution in [1.29, 1.82) is 0 Å². The van der Waals surface area contributed by atoms with Crippen LogP contribution in [0.5, 0.6) is 0 Å². The normalized spacial score (nSPS) is 22.6. The Hall–Kier alpha value is -3.90. The number of allylic oxidation sites excluding steroid dienone is 2. The molecule has 244 valence electrons. The number of alkyl halides is 6. The minimum Gasteiger partial charge on any atom is -0.475 e. The molecule has 2 aromatic carbocycles. The second kappa shape index (κ2) is 11.7. The number of nitrogens with zero attached hydrogens (tertiary/aromatic N) is 2. The fourth-order valence-electron chi connectivity index (χ4n) is 6.19. The fourth-order valence-corrected chi connectivity index (χ4v) is 8.14. The number of rotatable bonds is 8. The highest BCUT2D eigenvalue weighted by molar-refractivity contribution is 7.14. The maximum absolute atomic E-state index is 15.7. The van der Waals surface area contributed by atoms with Gasteiger partial charge < -0.3 is 9.47 Å². The molecule has 0 bridgehead atoms. The standard InChI is InChI=1S/C35H28F6N2O2S2/c1-19-25(15-27(46-19)31-42-23(17-44-31)13-21-9-5-3-6-10-21)29-30(34(38,39)35(40,41)33(29,36)37)26-16-28(47-20(26)2)32-43-24(18-45-32)14-22-11-7-4-8-12-22/h3-12,15-16,23-24H,13-14,17-18H2,1-2H3/t23-,24-/m0/s1. The summed E-state index contributed by atoms with van der Waals surface area (Å²) >= 11 is 1.97. The molecule has 0 saturated heterocycles. The molecule has 2 aromatic heterocycles. The molecule has 47 heavy (non-hydrogen) atoms. The van der Waals surface area contributed by atoms with Crippen LogP contribution >= 0.6 is 22.7 Å². The molecule has 4 heterocycles. The van der Waals surface area contributed by atoms with Crippen LogP contribution in [0.15, 0.2) is 82.8 Å². The Morgan fingerprint density at radius 3 is 1.40 bits per heavy atom. The maximum atomic E-state index is 15.7. The highest BCUT2D eigenvalue weighted by Crippen LogP contribution is 2.65. The van der Waals surface area contributed by atoms with Crippen LogP contribution in [0.3, 0.4) is 0 Å². The molecule has 0 amide bonds. The van der Waals surface area contributed by atoms with Crippen molar-refractivity contribution in [2.24, 2.45) is 9.98 Å². The molecule has 12 heteroatoms. The zero-order valence-corrected chi connectivity index (χ0v) is 26.8. The minimum atomic E-state index is -5.67. The molecule has 1 aliphatic carbocycles. The first-order chi connectivity index (χ1) is 22.4. The highest BCUT2D eigenvalue weighted by atomic mass is 32.1. The van der Waals surface area contributed by atoms with Crippen molar-refractivity contribution in [1.82, 2.24) is 0 Å². The van der Waals surface area contributed by atoms with Crippen molar-refractivity contribution in [3.63, 3.8) is 0 Å². The van der Waals surface area contributed by atoms with Crippen LogP contribution in [0, 0.1) is 13.8 Å². The maximum Gasteiger partial charge on any atom is 0.380 e. The van der Waals surface area contributed by atoms with Crippen LogP contribution < -0.4 is 0 Å². The van der Waals surface area contributed by atoms with Gasteiger partial charge in [-0.2, -0.15) is 26.3 Å². The predicted octanol–water partition coefficient (Wildman–Crippen LogP) is 9.03. The Bertz CT molecular complexity index is 1780. The molecule has 4 aromatic rings. The minimum absolute atomic E-state index is 0.166. The number of ether oxygens (including phenoxy) is 2. The van der Waals surface area contributed by atoms with Crippen LogP contribution in [-0.2, 0) is 22.3 Å². The molecule has 0 unspecified atom stereocenters. The van der Waals surface area contributed by atoms with Crippen LogP contribution in [0.2, 0.25) is 0 Å². The van der Waals surface area contributed by atoms with Crippen molar-refractivity contribution in [3.05, 3.63) is 115 Å².